The van der Waals surface area contributed by atoms with Crippen LogP contribution in [0.5, 0.6) is 0 Å². The fraction of sp³-hybridized carbons (Fsp3) is 0.667. The van der Waals surface area contributed by atoms with Gasteiger partial charge in [0, 0.05) is 11.0 Å². The summed E-state index contributed by atoms with van der Waals surface area (Å²) in [5, 5.41) is 21.6. The molecule has 1 heterocycles. The number of aliphatic hydroxyl groups excluding tert-OH is 1. The summed E-state index contributed by atoms with van der Waals surface area (Å²) in [4.78, 5) is 11.7. The van der Waals surface area contributed by atoms with Gasteiger partial charge in [0.1, 0.15) is 11.7 Å². The van der Waals surface area contributed by atoms with Crippen molar-refractivity contribution in [1.29, 1.82) is 0 Å². The number of carbonyl (C=O) groups excluding carboxylic acids is 1. The second kappa shape index (κ2) is 3.70. The zero-order valence-corrected chi connectivity index (χ0v) is 11.2. The number of ether oxygens (including phenoxy) is 1. The number of esters is 1. The Labute approximate surface area is 112 Å². The molecule has 4 heteroatoms. The van der Waals surface area contributed by atoms with E-state index < -0.39 is 35.1 Å². The van der Waals surface area contributed by atoms with Gasteiger partial charge in [-0.05, 0) is 31.3 Å². The first kappa shape index (κ1) is 12.9. The zero-order chi connectivity index (χ0) is 14.0. The van der Waals surface area contributed by atoms with Gasteiger partial charge < -0.3 is 14.9 Å². The number of hydrogen-bond donors (Lipinski definition) is 2. The Bertz CT molecular complexity index is 483. The number of carbonyl (C=O) groups is 1. The lowest BCUT2D eigenvalue weighted by Gasteiger charge is -2.57. The van der Waals surface area contributed by atoms with Crippen LogP contribution in [0.15, 0.2) is 24.3 Å². The van der Waals surface area contributed by atoms with Gasteiger partial charge in [-0.3, -0.25) is 0 Å². The molecule has 19 heavy (non-hydrogen) atoms. The molecule has 1 aliphatic heterocycles. The monoisotopic (exact) mass is 264 g/mol. The molecular weight excluding hydrogens is 244 g/mol. The summed E-state index contributed by atoms with van der Waals surface area (Å²) in [6.07, 6.45) is 1.48. The van der Waals surface area contributed by atoms with E-state index in [-0.39, 0.29) is 5.57 Å². The first-order valence-electron chi connectivity index (χ1n) is 6.80. The van der Waals surface area contributed by atoms with Gasteiger partial charge in [0.15, 0.2) is 0 Å². The Kier molecular flexibility index (Phi) is 2.51. The number of rotatable bonds is 0. The molecular formula is C15H20O4. The van der Waals surface area contributed by atoms with E-state index in [2.05, 4.69) is 13.2 Å². The highest BCUT2D eigenvalue weighted by Gasteiger charge is 2.66. The molecule has 0 bridgehead atoms. The van der Waals surface area contributed by atoms with Gasteiger partial charge in [-0.25, -0.2) is 4.79 Å². The van der Waals surface area contributed by atoms with E-state index in [0.717, 1.165) is 19.3 Å². The minimum atomic E-state index is -1.25. The number of hydrogen-bond acceptors (Lipinski definition) is 4. The third-order valence-corrected chi connectivity index (χ3v) is 5.38. The normalized spacial score (nSPS) is 49.6. The predicted molar refractivity (Wildman–Crippen MR) is 69.2 cm³/mol. The van der Waals surface area contributed by atoms with E-state index in [1.54, 1.807) is 0 Å². The maximum absolute atomic E-state index is 11.7. The van der Waals surface area contributed by atoms with Crippen molar-refractivity contribution in [2.75, 3.05) is 0 Å². The van der Waals surface area contributed by atoms with Gasteiger partial charge in [-0.2, -0.15) is 0 Å². The third-order valence-electron chi connectivity index (χ3n) is 5.38. The quantitative estimate of drug-likeness (QED) is 0.393. The summed E-state index contributed by atoms with van der Waals surface area (Å²) in [5.41, 5.74) is -0.755. The summed E-state index contributed by atoms with van der Waals surface area (Å²) in [6.45, 7) is 9.66. The van der Waals surface area contributed by atoms with Crippen molar-refractivity contribution in [2.45, 2.75) is 50.4 Å². The van der Waals surface area contributed by atoms with Gasteiger partial charge in [0.25, 0.3) is 0 Å². The van der Waals surface area contributed by atoms with Crippen LogP contribution in [-0.2, 0) is 9.53 Å². The highest BCUT2D eigenvalue weighted by Crippen LogP contribution is 2.59. The second-order valence-corrected chi connectivity index (χ2v) is 6.43. The second-order valence-electron chi connectivity index (χ2n) is 6.43. The maximum atomic E-state index is 11.7. The third kappa shape index (κ3) is 1.39. The summed E-state index contributed by atoms with van der Waals surface area (Å²) >= 11 is 0. The van der Waals surface area contributed by atoms with Crippen molar-refractivity contribution in [3.8, 4) is 0 Å². The largest absolute Gasteiger partial charge is 0.455 e. The number of aliphatic hydroxyl groups is 2. The molecule has 0 aromatic heterocycles. The fourth-order valence-electron chi connectivity index (χ4n) is 4.25. The van der Waals surface area contributed by atoms with Crippen LogP contribution in [0.2, 0.25) is 0 Å². The minimum absolute atomic E-state index is 0.270. The lowest BCUT2D eigenvalue weighted by Crippen LogP contribution is -2.65. The summed E-state index contributed by atoms with van der Waals surface area (Å²) < 4.78 is 5.35. The molecule has 0 radical (unpaired) electrons. The van der Waals surface area contributed by atoms with Crippen molar-refractivity contribution in [2.24, 2.45) is 11.3 Å². The standard InChI is InChI=1S/C15H20O4/c1-8-5-4-6-14(3)7-10(16)11-9(2)13(17)19-12(11)15(8,14)18/h10-12,16,18H,1-2,4-7H2,3H3/t10-,11+,12-,14-,15-/m0/s1. The van der Waals surface area contributed by atoms with Crippen LogP contribution >= 0.6 is 0 Å². The van der Waals surface area contributed by atoms with Crippen molar-refractivity contribution in [3.05, 3.63) is 24.3 Å². The zero-order valence-electron chi connectivity index (χ0n) is 11.2. The maximum Gasteiger partial charge on any atom is 0.334 e. The summed E-state index contributed by atoms with van der Waals surface area (Å²) in [6, 6.07) is 0. The SMILES string of the molecule is C=C1C(=O)O[C@H]2[C@H]1[C@@H](O)C[C@]1(C)CCCC(=C)[C@]21O. The molecule has 0 aromatic carbocycles. The molecule has 0 unspecified atom stereocenters. The van der Waals surface area contributed by atoms with Gasteiger partial charge in [0.2, 0.25) is 0 Å². The Morgan fingerprint density at radius 3 is 2.79 bits per heavy atom. The highest BCUT2D eigenvalue weighted by atomic mass is 16.6. The average Bonchev–Trinajstić information content (AvgIpc) is 2.62. The predicted octanol–water partition coefficient (Wildman–Crippen LogP) is 1.33. The number of fused-ring (bicyclic) bond motifs is 3. The first-order valence-corrected chi connectivity index (χ1v) is 6.80. The van der Waals surface area contributed by atoms with Gasteiger partial charge >= 0.3 is 5.97 Å². The van der Waals surface area contributed by atoms with E-state index in [4.69, 9.17) is 4.74 Å². The Balaban J connectivity index is 2.12. The molecule has 4 nitrogen and oxygen atoms in total. The molecule has 2 aliphatic carbocycles. The fourth-order valence-corrected chi connectivity index (χ4v) is 4.25. The molecule has 2 N–H and O–H groups in total. The van der Waals surface area contributed by atoms with Gasteiger partial charge in [0.05, 0.1) is 12.0 Å². The smallest absolute Gasteiger partial charge is 0.334 e. The van der Waals surface area contributed by atoms with E-state index in [1.807, 2.05) is 6.92 Å². The van der Waals surface area contributed by atoms with Crippen molar-refractivity contribution in [1.82, 2.24) is 0 Å². The molecule has 1 saturated heterocycles. The van der Waals surface area contributed by atoms with Crippen LogP contribution in [-0.4, -0.2) is 34.0 Å². The lowest BCUT2D eigenvalue weighted by molar-refractivity contribution is -0.206. The average molecular weight is 264 g/mol. The van der Waals surface area contributed by atoms with E-state index in [9.17, 15) is 15.0 Å². The van der Waals surface area contributed by atoms with E-state index in [0.29, 0.717) is 12.0 Å². The van der Waals surface area contributed by atoms with E-state index in [1.165, 1.54) is 0 Å². The van der Waals surface area contributed by atoms with Crippen molar-refractivity contribution >= 4 is 5.97 Å². The molecule has 5 atom stereocenters. The Morgan fingerprint density at radius 2 is 2.11 bits per heavy atom. The van der Waals surface area contributed by atoms with Crippen LogP contribution < -0.4 is 0 Å². The molecule has 3 fully saturated rings. The topological polar surface area (TPSA) is 66.8 Å². The molecule has 0 amide bonds. The molecule has 3 rings (SSSR count). The Hall–Kier alpha value is -1.13. The van der Waals surface area contributed by atoms with Crippen LogP contribution in [0.4, 0.5) is 0 Å². The van der Waals surface area contributed by atoms with Crippen LogP contribution in [0.1, 0.15) is 32.6 Å². The minimum Gasteiger partial charge on any atom is -0.455 e. The van der Waals surface area contributed by atoms with E-state index >= 15 is 0 Å². The summed E-state index contributed by atoms with van der Waals surface area (Å²) in [7, 11) is 0. The van der Waals surface area contributed by atoms with Gasteiger partial charge in [-0.15, -0.1) is 0 Å². The first-order chi connectivity index (χ1) is 8.81. The summed E-state index contributed by atoms with van der Waals surface area (Å²) in [5.74, 6) is -1.02. The van der Waals surface area contributed by atoms with Crippen molar-refractivity contribution in [3.63, 3.8) is 0 Å². The van der Waals surface area contributed by atoms with Crippen LogP contribution in [0.25, 0.3) is 0 Å². The molecule has 2 saturated carbocycles. The molecule has 104 valence electrons. The van der Waals surface area contributed by atoms with Crippen LogP contribution in [0.3, 0.4) is 0 Å². The van der Waals surface area contributed by atoms with Gasteiger partial charge in [-0.1, -0.05) is 20.1 Å². The molecule has 3 aliphatic rings. The molecule has 0 spiro atoms. The van der Waals surface area contributed by atoms with Crippen LogP contribution in [0, 0.1) is 11.3 Å². The molecule has 0 aromatic rings. The highest BCUT2D eigenvalue weighted by molar-refractivity contribution is 5.91. The Morgan fingerprint density at radius 1 is 1.42 bits per heavy atom. The lowest BCUT2D eigenvalue weighted by atomic mass is 9.51. The van der Waals surface area contributed by atoms with Crippen molar-refractivity contribution < 1.29 is 19.7 Å².